The van der Waals surface area contributed by atoms with Crippen molar-refractivity contribution in [3.63, 3.8) is 0 Å². The van der Waals surface area contributed by atoms with E-state index in [9.17, 15) is 4.79 Å². The molecule has 0 aromatic carbocycles. The smallest absolute Gasteiger partial charge is 0.225 e. The number of fused-ring (bicyclic) bond motifs is 1. The zero-order chi connectivity index (χ0) is 12.8. The minimum Gasteiger partial charge on any atom is -0.342 e. The second kappa shape index (κ2) is 4.36. The molecule has 4 heteroatoms. The number of nitrogens with one attached hydrogen (secondary N) is 1. The van der Waals surface area contributed by atoms with Gasteiger partial charge < -0.3 is 4.90 Å². The summed E-state index contributed by atoms with van der Waals surface area (Å²) in [5.41, 5.74) is 1.19. The molecule has 4 rings (SSSR count). The Hall–Kier alpha value is -1.32. The van der Waals surface area contributed by atoms with E-state index < -0.39 is 0 Å². The van der Waals surface area contributed by atoms with E-state index >= 15 is 0 Å². The van der Waals surface area contributed by atoms with Crippen LogP contribution in [0.2, 0.25) is 0 Å². The quantitative estimate of drug-likeness (QED) is 0.884. The average Bonchev–Trinajstić information content (AvgIpc) is 2.89. The Morgan fingerprint density at radius 1 is 1.32 bits per heavy atom. The molecule has 3 unspecified atom stereocenters. The predicted octanol–water partition coefficient (Wildman–Crippen LogP) is 2.16. The van der Waals surface area contributed by atoms with Gasteiger partial charge in [0.15, 0.2) is 0 Å². The minimum absolute atomic E-state index is 0.337. The molecule has 4 nitrogen and oxygen atoms in total. The molecule has 2 aliphatic carbocycles. The van der Waals surface area contributed by atoms with Crippen LogP contribution >= 0.6 is 0 Å². The molecule has 3 fully saturated rings. The van der Waals surface area contributed by atoms with Crippen molar-refractivity contribution < 1.29 is 4.79 Å². The van der Waals surface area contributed by atoms with Crippen molar-refractivity contribution >= 4 is 5.91 Å². The zero-order valence-corrected chi connectivity index (χ0v) is 11.2. The van der Waals surface area contributed by atoms with Gasteiger partial charge in [-0.3, -0.25) is 9.89 Å². The van der Waals surface area contributed by atoms with Gasteiger partial charge in [-0.05, 0) is 50.0 Å². The number of piperidine rings is 1. The molecule has 3 atom stereocenters. The summed E-state index contributed by atoms with van der Waals surface area (Å²) in [6, 6.07) is 2.05. The molecule has 2 heterocycles. The van der Waals surface area contributed by atoms with E-state index in [0.717, 1.165) is 44.2 Å². The van der Waals surface area contributed by atoms with Crippen molar-refractivity contribution in [3.05, 3.63) is 18.0 Å². The third-order valence-electron chi connectivity index (χ3n) is 5.29. The lowest BCUT2D eigenvalue weighted by Gasteiger charge is -2.34. The summed E-state index contributed by atoms with van der Waals surface area (Å²) in [6.45, 7) is 1.84. The normalized spacial score (nSPS) is 37.2. The summed E-state index contributed by atoms with van der Waals surface area (Å²) in [6.07, 6.45) is 7.81. The first kappa shape index (κ1) is 11.5. The van der Waals surface area contributed by atoms with E-state index in [4.69, 9.17) is 0 Å². The maximum Gasteiger partial charge on any atom is 0.225 e. The molecule has 0 bridgehead atoms. The molecule has 2 saturated carbocycles. The number of carbonyl (C=O) groups excluding carboxylic acids is 1. The lowest BCUT2D eigenvalue weighted by atomic mass is 9.93. The third kappa shape index (κ3) is 2.07. The van der Waals surface area contributed by atoms with Crippen LogP contribution in [-0.4, -0.2) is 34.1 Å². The van der Waals surface area contributed by atoms with Gasteiger partial charge in [0, 0.05) is 36.8 Å². The van der Waals surface area contributed by atoms with Gasteiger partial charge in [-0.1, -0.05) is 0 Å². The van der Waals surface area contributed by atoms with Crippen molar-refractivity contribution in [1.82, 2.24) is 15.1 Å². The molecule has 1 amide bonds. The molecule has 19 heavy (non-hydrogen) atoms. The van der Waals surface area contributed by atoms with Crippen LogP contribution in [0.5, 0.6) is 0 Å². The van der Waals surface area contributed by atoms with E-state index in [1.165, 1.54) is 18.5 Å². The van der Waals surface area contributed by atoms with Gasteiger partial charge in [0.05, 0.1) is 0 Å². The second-order valence-corrected chi connectivity index (χ2v) is 6.56. The number of aromatic nitrogens is 2. The third-order valence-corrected chi connectivity index (χ3v) is 5.29. The summed E-state index contributed by atoms with van der Waals surface area (Å²) in [5, 5.41) is 7.09. The average molecular weight is 259 g/mol. The summed E-state index contributed by atoms with van der Waals surface area (Å²) < 4.78 is 0. The van der Waals surface area contributed by atoms with E-state index in [1.54, 1.807) is 6.20 Å². The Kier molecular flexibility index (Phi) is 2.64. The summed E-state index contributed by atoms with van der Waals surface area (Å²) in [5.74, 6) is 3.00. The number of H-pyrrole nitrogens is 1. The summed E-state index contributed by atoms with van der Waals surface area (Å²) in [4.78, 5) is 14.7. The van der Waals surface area contributed by atoms with Gasteiger partial charge >= 0.3 is 0 Å². The highest BCUT2D eigenvalue weighted by molar-refractivity contribution is 5.79. The van der Waals surface area contributed by atoms with Crippen molar-refractivity contribution in [2.75, 3.05) is 13.1 Å². The molecule has 1 aromatic heterocycles. The summed E-state index contributed by atoms with van der Waals surface area (Å²) >= 11 is 0. The van der Waals surface area contributed by atoms with Gasteiger partial charge in [-0.25, -0.2) is 0 Å². The highest BCUT2D eigenvalue weighted by atomic mass is 16.2. The fourth-order valence-corrected chi connectivity index (χ4v) is 4.10. The first-order valence-corrected chi connectivity index (χ1v) is 7.59. The molecule has 102 valence electrons. The standard InChI is InChI=1S/C15H21N3O/c19-15(13-7-11-6-12(11)8-13)18-5-1-2-10(9-18)14-3-4-16-17-14/h3-4,10-13H,1-2,5-9H2,(H,16,17). The molecule has 3 aliphatic rings. The van der Waals surface area contributed by atoms with Crippen molar-refractivity contribution in [2.45, 2.75) is 38.0 Å². The van der Waals surface area contributed by atoms with E-state index in [0.29, 0.717) is 17.7 Å². The molecule has 1 N–H and O–H groups in total. The Morgan fingerprint density at radius 2 is 2.16 bits per heavy atom. The second-order valence-electron chi connectivity index (χ2n) is 6.56. The van der Waals surface area contributed by atoms with Crippen LogP contribution in [0.1, 0.15) is 43.7 Å². The Labute approximate surface area is 113 Å². The Morgan fingerprint density at radius 3 is 2.89 bits per heavy atom. The Bertz CT molecular complexity index is 460. The van der Waals surface area contributed by atoms with Crippen LogP contribution in [0, 0.1) is 17.8 Å². The van der Waals surface area contributed by atoms with Crippen LogP contribution in [0.15, 0.2) is 12.3 Å². The number of aromatic amines is 1. The van der Waals surface area contributed by atoms with Crippen LogP contribution in [0.3, 0.4) is 0 Å². The fraction of sp³-hybridized carbons (Fsp3) is 0.733. The van der Waals surface area contributed by atoms with Gasteiger partial charge in [0.25, 0.3) is 0 Å². The molecule has 1 aromatic rings. The van der Waals surface area contributed by atoms with E-state index in [2.05, 4.69) is 15.1 Å². The molecular weight excluding hydrogens is 238 g/mol. The number of likely N-dealkylation sites (tertiary alicyclic amines) is 1. The molecule has 0 spiro atoms. The lowest BCUT2D eigenvalue weighted by molar-refractivity contribution is -0.136. The van der Waals surface area contributed by atoms with Crippen molar-refractivity contribution in [3.8, 4) is 0 Å². The van der Waals surface area contributed by atoms with Gasteiger partial charge in [0.2, 0.25) is 5.91 Å². The zero-order valence-electron chi connectivity index (χ0n) is 11.2. The maximum absolute atomic E-state index is 12.6. The topological polar surface area (TPSA) is 49.0 Å². The fourth-order valence-electron chi connectivity index (χ4n) is 4.10. The predicted molar refractivity (Wildman–Crippen MR) is 71.5 cm³/mol. The largest absolute Gasteiger partial charge is 0.342 e. The first-order chi connectivity index (χ1) is 9.31. The summed E-state index contributed by atoms with van der Waals surface area (Å²) in [7, 11) is 0. The first-order valence-electron chi connectivity index (χ1n) is 7.59. The van der Waals surface area contributed by atoms with Crippen LogP contribution in [0.4, 0.5) is 0 Å². The molecule has 1 saturated heterocycles. The van der Waals surface area contributed by atoms with E-state index in [1.807, 2.05) is 6.07 Å². The SMILES string of the molecule is O=C(C1CC2CC2C1)N1CCCC(c2ccn[nH]2)C1. The number of rotatable bonds is 2. The molecule has 0 radical (unpaired) electrons. The molecule has 1 aliphatic heterocycles. The van der Waals surface area contributed by atoms with Crippen LogP contribution < -0.4 is 0 Å². The number of amides is 1. The highest BCUT2D eigenvalue weighted by Gasteiger charge is 2.49. The van der Waals surface area contributed by atoms with Crippen LogP contribution in [-0.2, 0) is 4.79 Å². The number of hydrogen-bond donors (Lipinski definition) is 1. The number of hydrogen-bond acceptors (Lipinski definition) is 2. The number of carbonyl (C=O) groups is 1. The van der Waals surface area contributed by atoms with Crippen molar-refractivity contribution in [2.24, 2.45) is 17.8 Å². The monoisotopic (exact) mass is 259 g/mol. The lowest BCUT2D eigenvalue weighted by Crippen LogP contribution is -2.42. The number of nitrogens with zero attached hydrogens (tertiary/aromatic N) is 2. The van der Waals surface area contributed by atoms with Gasteiger partial charge in [0.1, 0.15) is 0 Å². The van der Waals surface area contributed by atoms with Gasteiger partial charge in [-0.15, -0.1) is 0 Å². The molecular formula is C15H21N3O. The van der Waals surface area contributed by atoms with Crippen molar-refractivity contribution in [1.29, 1.82) is 0 Å². The van der Waals surface area contributed by atoms with Crippen LogP contribution in [0.25, 0.3) is 0 Å². The maximum atomic E-state index is 12.6. The van der Waals surface area contributed by atoms with E-state index in [-0.39, 0.29) is 0 Å². The minimum atomic E-state index is 0.337. The highest BCUT2D eigenvalue weighted by Crippen LogP contribution is 2.54. The Balaban J connectivity index is 1.42. The van der Waals surface area contributed by atoms with Gasteiger partial charge in [-0.2, -0.15) is 5.10 Å².